The normalized spacial score (nSPS) is 16.3. The number of carbonyl (C=O) groups excluding carboxylic acids is 4. The summed E-state index contributed by atoms with van der Waals surface area (Å²) >= 11 is 0. The summed E-state index contributed by atoms with van der Waals surface area (Å²) in [6.07, 6.45) is 2.05. The number of ether oxygens (including phenoxy) is 1. The van der Waals surface area contributed by atoms with Crippen molar-refractivity contribution in [2.45, 2.75) is 91.5 Å². The molecular weight excluding hydrogens is 588 g/mol. The van der Waals surface area contributed by atoms with Crippen LogP contribution in [0.4, 0.5) is 4.79 Å². The van der Waals surface area contributed by atoms with Crippen LogP contribution in [0.25, 0.3) is 0 Å². The topological polar surface area (TPSA) is 157 Å². The molecule has 1 fully saturated rings. The fourth-order valence-electron chi connectivity index (χ4n) is 5.33. The molecule has 46 heavy (non-hydrogen) atoms. The van der Waals surface area contributed by atoms with Crippen molar-refractivity contribution in [2.75, 3.05) is 6.54 Å². The summed E-state index contributed by atoms with van der Waals surface area (Å²) in [6, 6.07) is 10.4. The van der Waals surface area contributed by atoms with Crippen LogP contribution in [-0.4, -0.2) is 68.4 Å². The monoisotopic (exact) mass is 632 g/mol. The van der Waals surface area contributed by atoms with Crippen LogP contribution in [-0.2, 0) is 26.3 Å². The molecule has 3 heterocycles. The second-order valence-corrected chi connectivity index (χ2v) is 13.0. The molecule has 246 valence electrons. The van der Waals surface area contributed by atoms with E-state index in [9.17, 15) is 19.2 Å². The first-order chi connectivity index (χ1) is 21.8. The predicted octanol–water partition coefficient (Wildman–Crippen LogP) is 4.36. The average molecular weight is 633 g/mol. The lowest BCUT2D eigenvalue weighted by Crippen LogP contribution is -2.57. The molecule has 1 saturated heterocycles. The van der Waals surface area contributed by atoms with E-state index in [1.54, 1.807) is 20.0 Å². The standard InChI is InChI=1S/C34H44N6O6/c1-20(2)26(28(41)30-38-39-32(46-30)34(6,7)25-16-15-22(5)18-35-25)36-29(42)24-14-11-17-40(24)31(43)27(21(3)4)37-33(44)45-19-23-12-9-8-10-13-23/h8-10,12-13,15-16,18,20-21,24,26-27H,11,14,17,19H2,1-7H3,(H,36,42)(H,37,44)/t24-,26+,27-/m0/s1. The number of rotatable bonds is 12. The Labute approximate surface area is 269 Å². The number of alkyl carbamates (subject to hydrolysis) is 1. The molecule has 1 aromatic carbocycles. The Morgan fingerprint density at radius 1 is 0.978 bits per heavy atom. The number of likely N-dealkylation sites (tertiary alicyclic amines) is 1. The van der Waals surface area contributed by atoms with Gasteiger partial charge in [-0.1, -0.05) is 64.1 Å². The van der Waals surface area contributed by atoms with Crippen molar-refractivity contribution in [1.29, 1.82) is 0 Å². The number of carbonyl (C=O) groups is 4. The maximum absolute atomic E-state index is 13.7. The molecule has 0 bridgehead atoms. The number of hydrogen-bond donors (Lipinski definition) is 2. The minimum atomic E-state index is -0.967. The van der Waals surface area contributed by atoms with Gasteiger partial charge in [-0.25, -0.2) is 4.79 Å². The second kappa shape index (κ2) is 14.7. The van der Waals surface area contributed by atoms with Gasteiger partial charge < -0.3 is 24.7 Å². The number of aromatic nitrogens is 3. The first-order valence-electron chi connectivity index (χ1n) is 15.7. The summed E-state index contributed by atoms with van der Waals surface area (Å²) in [5.74, 6) is -1.93. The van der Waals surface area contributed by atoms with E-state index >= 15 is 0 Å². The molecule has 0 saturated carbocycles. The highest BCUT2D eigenvalue weighted by molar-refractivity contribution is 6.00. The lowest BCUT2D eigenvalue weighted by atomic mass is 9.88. The molecule has 4 rings (SSSR count). The molecule has 3 aromatic rings. The number of aryl methyl sites for hydroxylation is 1. The fraction of sp³-hybridized carbons (Fsp3) is 0.500. The average Bonchev–Trinajstić information content (AvgIpc) is 3.73. The number of amides is 3. The summed E-state index contributed by atoms with van der Waals surface area (Å²) in [5, 5.41) is 13.7. The third-order valence-corrected chi connectivity index (χ3v) is 8.23. The van der Waals surface area contributed by atoms with Gasteiger partial charge in [-0.05, 0) is 62.6 Å². The van der Waals surface area contributed by atoms with Crippen LogP contribution in [0.5, 0.6) is 0 Å². The zero-order valence-electron chi connectivity index (χ0n) is 27.6. The SMILES string of the molecule is Cc1ccc(C(C)(C)c2nnc(C(=O)[C@H](NC(=O)[C@@H]3CCCN3C(=O)[C@@H](NC(=O)OCc3ccccc3)C(C)C)C(C)C)o2)nc1. The minimum Gasteiger partial charge on any atom is -0.445 e. The van der Waals surface area contributed by atoms with Crippen molar-refractivity contribution >= 4 is 23.7 Å². The Morgan fingerprint density at radius 3 is 2.30 bits per heavy atom. The minimum absolute atomic E-state index is 0.0624. The van der Waals surface area contributed by atoms with Crippen LogP contribution < -0.4 is 10.6 Å². The van der Waals surface area contributed by atoms with Gasteiger partial charge in [0.2, 0.25) is 23.5 Å². The highest BCUT2D eigenvalue weighted by Gasteiger charge is 2.41. The van der Waals surface area contributed by atoms with E-state index in [0.717, 1.165) is 11.1 Å². The van der Waals surface area contributed by atoms with Gasteiger partial charge in [0.25, 0.3) is 5.89 Å². The summed E-state index contributed by atoms with van der Waals surface area (Å²) in [4.78, 5) is 59.5. The van der Waals surface area contributed by atoms with Crippen molar-refractivity contribution < 1.29 is 28.3 Å². The predicted molar refractivity (Wildman–Crippen MR) is 170 cm³/mol. The van der Waals surface area contributed by atoms with Crippen molar-refractivity contribution in [1.82, 2.24) is 30.7 Å². The number of hydrogen-bond acceptors (Lipinski definition) is 9. The van der Waals surface area contributed by atoms with Crippen LogP contribution in [0.1, 0.15) is 87.8 Å². The molecule has 1 aliphatic heterocycles. The second-order valence-electron chi connectivity index (χ2n) is 13.0. The van der Waals surface area contributed by atoms with Gasteiger partial charge in [-0.3, -0.25) is 19.4 Å². The number of ketones is 1. The van der Waals surface area contributed by atoms with Crippen LogP contribution in [0, 0.1) is 18.8 Å². The molecule has 3 amide bonds. The Morgan fingerprint density at radius 2 is 1.67 bits per heavy atom. The number of pyridine rings is 1. The third kappa shape index (κ3) is 7.96. The molecule has 0 unspecified atom stereocenters. The van der Waals surface area contributed by atoms with Gasteiger partial charge in [0.1, 0.15) is 18.7 Å². The molecule has 12 nitrogen and oxygen atoms in total. The molecule has 12 heteroatoms. The van der Waals surface area contributed by atoms with Crippen molar-refractivity contribution in [3.05, 3.63) is 77.3 Å². The molecule has 3 atom stereocenters. The lowest BCUT2D eigenvalue weighted by Gasteiger charge is -2.31. The molecule has 1 aliphatic rings. The van der Waals surface area contributed by atoms with Gasteiger partial charge >= 0.3 is 6.09 Å². The quantitative estimate of drug-likeness (QED) is 0.277. The van der Waals surface area contributed by atoms with E-state index in [1.807, 2.05) is 77.1 Å². The molecule has 0 spiro atoms. The van der Waals surface area contributed by atoms with Gasteiger partial charge in [0, 0.05) is 12.7 Å². The van der Waals surface area contributed by atoms with E-state index in [1.165, 1.54) is 4.90 Å². The van der Waals surface area contributed by atoms with Gasteiger partial charge in [-0.15, -0.1) is 10.2 Å². The molecule has 0 aliphatic carbocycles. The first-order valence-corrected chi connectivity index (χ1v) is 15.7. The maximum Gasteiger partial charge on any atom is 0.408 e. The van der Waals surface area contributed by atoms with Crippen molar-refractivity contribution in [3.63, 3.8) is 0 Å². The van der Waals surface area contributed by atoms with Crippen LogP contribution in [0.3, 0.4) is 0 Å². The van der Waals surface area contributed by atoms with Crippen LogP contribution >= 0.6 is 0 Å². The number of nitrogens with one attached hydrogen (secondary N) is 2. The first kappa shape index (κ1) is 34.3. The molecular formula is C34H44N6O6. The van der Waals surface area contributed by atoms with E-state index in [-0.39, 0.29) is 36.1 Å². The zero-order chi connectivity index (χ0) is 33.6. The lowest BCUT2D eigenvalue weighted by molar-refractivity contribution is -0.141. The third-order valence-electron chi connectivity index (χ3n) is 8.23. The molecule has 2 aromatic heterocycles. The summed E-state index contributed by atoms with van der Waals surface area (Å²) in [6.45, 7) is 13.3. The highest BCUT2D eigenvalue weighted by atomic mass is 16.5. The Kier molecular flexibility index (Phi) is 10.9. The Hall–Kier alpha value is -4.61. The van der Waals surface area contributed by atoms with E-state index in [4.69, 9.17) is 9.15 Å². The summed E-state index contributed by atoms with van der Waals surface area (Å²) < 4.78 is 11.2. The van der Waals surface area contributed by atoms with Gasteiger partial charge in [0.15, 0.2) is 0 Å². The molecule has 0 radical (unpaired) electrons. The van der Waals surface area contributed by atoms with Gasteiger partial charge in [-0.2, -0.15) is 0 Å². The van der Waals surface area contributed by atoms with Gasteiger partial charge in [0.05, 0.1) is 17.2 Å². The Bertz CT molecular complexity index is 1520. The van der Waals surface area contributed by atoms with Crippen molar-refractivity contribution in [3.8, 4) is 0 Å². The van der Waals surface area contributed by atoms with E-state index < -0.39 is 41.3 Å². The number of Topliss-reactive ketones (excluding diaryl/α,β-unsaturated/α-hetero) is 1. The van der Waals surface area contributed by atoms with E-state index in [2.05, 4.69) is 25.8 Å². The highest BCUT2D eigenvalue weighted by Crippen LogP contribution is 2.29. The zero-order valence-corrected chi connectivity index (χ0v) is 27.6. The Balaban J connectivity index is 1.43. The van der Waals surface area contributed by atoms with E-state index in [0.29, 0.717) is 25.1 Å². The largest absolute Gasteiger partial charge is 0.445 e. The molecule has 2 N–H and O–H groups in total. The number of nitrogens with zero attached hydrogens (tertiary/aromatic N) is 4. The fourth-order valence-corrected chi connectivity index (χ4v) is 5.33. The van der Waals surface area contributed by atoms with Crippen molar-refractivity contribution in [2.24, 2.45) is 11.8 Å². The summed E-state index contributed by atoms with van der Waals surface area (Å²) in [5.41, 5.74) is 1.78. The maximum atomic E-state index is 13.7. The number of benzene rings is 1. The van der Waals surface area contributed by atoms with Crippen LogP contribution in [0.2, 0.25) is 0 Å². The smallest absolute Gasteiger partial charge is 0.408 e. The summed E-state index contributed by atoms with van der Waals surface area (Å²) in [7, 11) is 0. The van der Waals surface area contributed by atoms with Crippen LogP contribution in [0.15, 0.2) is 53.1 Å².